The van der Waals surface area contributed by atoms with Gasteiger partial charge in [-0.1, -0.05) is 162 Å². The van der Waals surface area contributed by atoms with Crippen molar-refractivity contribution in [2.24, 2.45) is 54.1 Å². The van der Waals surface area contributed by atoms with Gasteiger partial charge in [-0.25, -0.2) is 0 Å². The summed E-state index contributed by atoms with van der Waals surface area (Å²) in [6.45, 7) is 72.7. The largest absolute Gasteiger partial charge is 0.459 e. The highest BCUT2D eigenvalue weighted by Gasteiger charge is 2.37. The number of carbonyl (C=O) groups excluding carboxylic acids is 10. The Balaban J connectivity index is 0.00000146. The molecule has 0 N–H and O–H groups in total. The third-order valence-electron chi connectivity index (χ3n) is 17.5. The summed E-state index contributed by atoms with van der Waals surface area (Å²) in [4.78, 5) is 117. The zero-order chi connectivity index (χ0) is 92.1. The molecule has 5 atom stereocenters. The van der Waals surface area contributed by atoms with Crippen molar-refractivity contribution in [3.05, 3.63) is 147 Å². The number of carbonyl (C=O) groups is 10. The van der Waals surface area contributed by atoms with Gasteiger partial charge in [-0.3, -0.25) is 47.9 Å². The van der Waals surface area contributed by atoms with Crippen molar-refractivity contribution in [2.75, 3.05) is 0 Å². The van der Waals surface area contributed by atoms with Gasteiger partial charge in [0.25, 0.3) is 6.45 Å². The standard InChI is InChI=1S/3C20H30O4.C19H28O4.C18H26O4.CH4/c1-12-10-15(17(19(4,5)6)23-14(3)21)11-13(2)16(12)24-18(22)20(7,8)9;1-9-14-12-15(17(19(3,4)5)23-13(2)21)10-11-16(14)24-18(22)20(6,7)8;1-8-9-14-12-15(17(23-13-21)19(2,3)4)10-11-16(14)24-18(22)20(5,6)7;1-12-11-14(16(18(3,4)5)22-13(2)20)9-10-15(12)23-17(21)19(6,7)8;1-12(19)21-15(17(2,3)4)13-8-10-14(11-9-13)22-16(20)18(5,6)7;/h10-11,17H,1-9H3;10-12,17H,9H2,1-8H3;10-13,17H,8-9H2,1-7H3;9-11,16H,1-8H3;8-11,15H,1-7H3;1H4/i;;13T;;;. The van der Waals surface area contributed by atoms with E-state index in [1.54, 1.807) is 57.2 Å². The van der Waals surface area contributed by atoms with Crippen LogP contribution in [-0.4, -0.2) is 60.2 Å². The number of hydrogen-bond acceptors (Lipinski definition) is 20. The maximum atomic E-state index is 12.2. The quantitative estimate of drug-likeness (QED) is 0.0341. The molecule has 5 rings (SSSR count). The van der Waals surface area contributed by atoms with Crippen LogP contribution in [0.1, 0.15) is 351 Å². The van der Waals surface area contributed by atoms with Crippen LogP contribution in [0.25, 0.3) is 0 Å². The minimum atomic E-state index is -1.06. The van der Waals surface area contributed by atoms with Crippen LogP contribution >= 0.6 is 0 Å². The Kier molecular flexibility index (Phi) is 40.0. The Bertz CT molecular complexity index is 4220. The molecule has 5 aromatic rings. The molecule has 0 radical (unpaired) electrons. The van der Waals surface area contributed by atoms with Gasteiger partial charge in [0.1, 0.15) is 59.3 Å². The van der Waals surface area contributed by atoms with Gasteiger partial charge in [0, 0.05) is 54.8 Å². The van der Waals surface area contributed by atoms with Crippen LogP contribution in [0.4, 0.5) is 0 Å². The maximum absolute atomic E-state index is 12.2. The summed E-state index contributed by atoms with van der Waals surface area (Å²) >= 11 is 0. The first-order chi connectivity index (χ1) is 53.2. The van der Waals surface area contributed by atoms with Crippen LogP contribution in [0.5, 0.6) is 28.7 Å². The van der Waals surface area contributed by atoms with E-state index < -0.39 is 39.6 Å². The van der Waals surface area contributed by atoms with Gasteiger partial charge in [0.2, 0.25) is 0 Å². The van der Waals surface area contributed by atoms with E-state index in [9.17, 15) is 47.9 Å². The highest BCUT2D eigenvalue weighted by Crippen LogP contribution is 2.44. The topological polar surface area (TPSA) is 263 Å². The fourth-order valence-corrected chi connectivity index (χ4v) is 11.1. The van der Waals surface area contributed by atoms with E-state index in [-0.39, 0.29) is 113 Å². The lowest BCUT2D eigenvalue weighted by Gasteiger charge is -2.31. The van der Waals surface area contributed by atoms with Crippen molar-refractivity contribution < 1.29 is 96.7 Å². The Labute approximate surface area is 710 Å². The van der Waals surface area contributed by atoms with Crippen molar-refractivity contribution in [3.8, 4) is 28.7 Å². The third kappa shape index (κ3) is 37.0. The number of esters is 9. The molecule has 660 valence electrons. The first-order valence-corrected chi connectivity index (χ1v) is 40.2. The van der Waals surface area contributed by atoms with Crippen LogP contribution in [0.3, 0.4) is 0 Å². The van der Waals surface area contributed by atoms with Gasteiger partial charge >= 0.3 is 53.7 Å². The Hall–Kier alpha value is -9.20. The van der Waals surface area contributed by atoms with Gasteiger partial charge in [-0.05, 0) is 254 Å². The molecule has 0 aliphatic carbocycles. The Morgan fingerprint density at radius 2 is 0.593 bits per heavy atom. The molecule has 0 fully saturated rings. The molecule has 0 saturated heterocycles. The molecule has 0 spiro atoms. The van der Waals surface area contributed by atoms with E-state index in [2.05, 4.69) is 0 Å². The maximum Gasteiger partial charge on any atom is 0.316 e. The molecule has 20 heteroatoms. The Morgan fingerprint density at radius 3 is 0.898 bits per heavy atom. The second-order valence-electron chi connectivity index (χ2n) is 40.5. The molecule has 0 aliphatic rings. The van der Waals surface area contributed by atoms with Crippen molar-refractivity contribution in [1.29, 1.82) is 0 Å². The van der Waals surface area contributed by atoms with E-state index >= 15 is 0 Å². The summed E-state index contributed by atoms with van der Waals surface area (Å²) in [6, 6.07) is 27.5. The van der Waals surface area contributed by atoms with E-state index in [4.69, 9.17) is 48.7 Å². The minimum Gasteiger partial charge on any atom is -0.459 e. The summed E-state index contributed by atoms with van der Waals surface area (Å²) in [7, 11) is 0. The van der Waals surface area contributed by atoms with Crippen molar-refractivity contribution in [3.63, 3.8) is 0 Å². The lowest BCUT2D eigenvalue weighted by Crippen LogP contribution is -2.26. The predicted octanol–water partition coefficient (Wildman–Crippen LogP) is 24.1. The van der Waals surface area contributed by atoms with Gasteiger partial charge in [0.15, 0.2) is 1.37 Å². The second kappa shape index (κ2) is 44.2. The van der Waals surface area contributed by atoms with Gasteiger partial charge in [0.05, 0.1) is 27.1 Å². The first-order valence-electron chi connectivity index (χ1n) is 40.7. The van der Waals surface area contributed by atoms with Crippen LogP contribution in [-0.2, 0) is 84.5 Å². The molecular formula is C98H148O20. The molecule has 0 amide bonds. The molecule has 0 saturated carbocycles. The lowest BCUT2D eigenvalue weighted by molar-refractivity contribution is -0.153. The van der Waals surface area contributed by atoms with Crippen LogP contribution in [0, 0.1) is 74.9 Å². The SMILES string of the molecule is C.CC(=O)OC(c1cc(C)c(OC(=O)C(C)(C)C)c(C)c1)C(C)(C)C.CC(=O)OC(c1ccc(OC(=O)C(C)(C)C)c(C)c1)C(C)(C)C.CC(=O)OC(c1ccc(OC(=O)C(C)(C)C)cc1)C(C)(C)C.CCc1cc(C(OC(C)=O)C(C)(C)C)ccc1OC(=O)C(C)(C)C.[3H]C(=O)OC(c1ccc(OC(=O)C(C)(C)C)c(CCC)c1)C(C)(C)C. The van der Waals surface area contributed by atoms with E-state index in [0.717, 1.165) is 74.9 Å². The summed E-state index contributed by atoms with van der Waals surface area (Å²) in [5.41, 5.74) is 4.61. The van der Waals surface area contributed by atoms with Crippen molar-refractivity contribution in [1.82, 2.24) is 0 Å². The normalized spacial score (nSPS) is 13.4. The van der Waals surface area contributed by atoms with Crippen LogP contribution < -0.4 is 23.7 Å². The zero-order valence-corrected chi connectivity index (χ0v) is 78.3. The average molecular weight is 1650 g/mol. The number of rotatable bonds is 18. The molecule has 0 aliphatic heterocycles. The molecule has 0 heterocycles. The predicted molar refractivity (Wildman–Crippen MR) is 467 cm³/mol. The summed E-state index contributed by atoms with van der Waals surface area (Å²) < 4.78 is 61.9. The molecule has 20 nitrogen and oxygen atoms in total. The fraction of sp³-hybridized carbons (Fsp3) is 0.592. The van der Waals surface area contributed by atoms with Crippen LogP contribution in [0.2, 0.25) is 0 Å². The lowest BCUT2D eigenvalue weighted by atomic mass is 9.83. The summed E-state index contributed by atoms with van der Waals surface area (Å²) in [6.07, 6.45) is -0.664. The fourth-order valence-electron chi connectivity index (χ4n) is 11.1. The van der Waals surface area contributed by atoms with Gasteiger partial charge in [-0.2, -0.15) is 0 Å². The molecule has 0 aromatic heterocycles. The highest BCUT2D eigenvalue weighted by atomic mass is 16.6. The van der Waals surface area contributed by atoms with Crippen LogP contribution in [0.15, 0.2) is 91.0 Å². The van der Waals surface area contributed by atoms with E-state index in [1.165, 1.54) is 27.7 Å². The first kappa shape index (κ1) is 107. The molecule has 5 aromatic carbocycles. The van der Waals surface area contributed by atoms with E-state index in [0.29, 0.717) is 28.7 Å². The molecule has 5 unspecified atom stereocenters. The monoisotopic (exact) mass is 1650 g/mol. The van der Waals surface area contributed by atoms with E-state index in [1.807, 2.05) is 276 Å². The molecular weight excluding hydrogens is 1500 g/mol. The summed E-state index contributed by atoms with van der Waals surface area (Å²) in [5, 5.41) is 0. The van der Waals surface area contributed by atoms with Gasteiger partial charge < -0.3 is 47.4 Å². The van der Waals surface area contributed by atoms with Crippen molar-refractivity contribution in [2.45, 2.75) is 327 Å². The number of hydrogen-bond donors (Lipinski definition) is 0. The highest BCUT2D eigenvalue weighted by molar-refractivity contribution is 5.81. The third-order valence-corrected chi connectivity index (χ3v) is 17.5. The molecule has 118 heavy (non-hydrogen) atoms. The number of ether oxygens (including phenoxy) is 10. The second-order valence-corrected chi connectivity index (χ2v) is 40.5. The zero-order valence-electron chi connectivity index (χ0n) is 79.3. The van der Waals surface area contributed by atoms with Gasteiger partial charge in [-0.15, -0.1) is 0 Å². The smallest absolute Gasteiger partial charge is 0.316 e. The number of benzene rings is 5. The molecule has 0 bridgehead atoms. The number of aryl methyl sites for hydroxylation is 5. The minimum absolute atomic E-state index is 0. The Morgan fingerprint density at radius 1 is 0.331 bits per heavy atom. The average Bonchev–Trinajstić information content (AvgIpc) is 0.755. The summed E-state index contributed by atoms with van der Waals surface area (Å²) in [5.74, 6) is 0.0603. The van der Waals surface area contributed by atoms with Crippen molar-refractivity contribution >= 4 is 60.2 Å².